The number of thiazole rings is 1. The fraction of sp³-hybridized carbons (Fsp3) is 0.375. The van der Waals surface area contributed by atoms with Gasteiger partial charge in [-0.1, -0.05) is 12.1 Å². The summed E-state index contributed by atoms with van der Waals surface area (Å²) in [4.78, 5) is 16.2. The fourth-order valence-corrected chi connectivity index (χ4v) is 2.84. The lowest BCUT2D eigenvalue weighted by Crippen LogP contribution is -2.26. The molecule has 0 atom stereocenters. The Hall–Kier alpha value is -1.21. The molecule has 1 heterocycles. The SMILES string of the molecule is Cl.Cl.NCCCCNC(=O)Cc1csc(Cc2ccc(F)cc2)n1. The molecular formula is C16H22Cl2FN3OS. The van der Waals surface area contributed by atoms with Gasteiger partial charge in [-0.05, 0) is 37.1 Å². The number of hydrogen-bond donors (Lipinski definition) is 2. The number of carbonyl (C=O) groups excluding carboxylic acids is 1. The van der Waals surface area contributed by atoms with Crippen molar-refractivity contribution >= 4 is 42.1 Å². The van der Waals surface area contributed by atoms with Crippen molar-refractivity contribution in [3.63, 3.8) is 0 Å². The van der Waals surface area contributed by atoms with E-state index in [0.29, 0.717) is 25.9 Å². The summed E-state index contributed by atoms with van der Waals surface area (Å²) in [6.45, 7) is 1.30. The molecule has 1 amide bonds. The minimum Gasteiger partial charge on any atom is -0.356 e. The maximum atomic E-state index is 12.9. The van der Waals surface area contributed by atoms with Crippen LogP contribution in [0.2, 0.25) is 0 Å². The molecule has 1 aromatic carbocycles. The maximum Gasteiger partial charge on any atom is 0.226 e. The van der Waals surface area contributed by atoms with Crippen molar-refractivity contribution in [3.8, 4) is 0 Å². The molecule has 134 valence electrons. The quantitative estimate of drug-likeness (QED) is 0.676. The monoisotopic (exact) mass is 393 g/mol. The van der Waals surface area contributed by atoms with Gasteiger partial charge in [-0.15, -0.1) is 36.2 Å². The summed E-state index contributed by atoms with van der Waals surface area (Å²) in [5, 5.41) is 5.69. The van der Waals surface area contributed by atoms with E-state index in [1.807, 2.05) is 5.38 Å². The molecule has 0 radical (unpaired) electrons. The lowest BCUT2D eigenvalue weighted by molar-refractivity contribution is -0.120. The van der Waals surface area contributed by atoms with Crippen LogP contribution >= 0.6 is 36.2 Å². The molecule has 0 bridgehead atoms. The zero-order chi connectivity index (χ0) is 15.8. The second-order valence-electron chi connectivity index (χ2n) is 5.06. The fourth-order valence-electron chi connectivity index (χ4n) is 2.01. The Bertz CT molecular complexity index is 608. The van der Waals surface area contributed by atoms with Crippen molar-refractivity contribution in [1.82, 2.24) is 10.3 Å². The van der Waals surface area contributed by atoms with E-state index in [1.165, 1.54) is 23.5 Å². The van der Waals surface area contributed by atoms with Crippen LogP contribution in [0.3, 0.4) is 0 Å². The van der Waals surface area contributed by atoms with Gasteiger partial charge in [0.15, 0.2) is 0 Å². The molecule has 1 aromatic heterocycles. The smallest absolute Gasteiger partial charge is 0.226 e. The number of amides is 1. The summed E-state index contributed by atoms with van der Waals surface area (Å²) in [6.07, 6.45) is 2.76. The lowest BCUT2D eigenvalue weighted by Gasteiger charge is -2.02. The number of carbonyl (C=O) groups is 1. The van der Waals surface area contributed by atoms with Gasteiger partial charge in [0.25, 0.3) is 0 Å². The molecule has 3 N–H and O–H groups in total. The van der Waals surface area contributed by atoms with Crippen LogP contribution in [0.4, 0.5) is 4.39 Å². The van der Waals surface area contributed by atoms with E-state index in [4.69, 9.17) is 5.73 Å². The number of unbranched alkanes of at least 4 members (excludes halogenated alkanes) is 1. The van der Waals surface area contributed by atoms with Gasteiger partial charge in [-0.3, -0.25) is 4.79 Å². The molecular weight excluding hydrogens is 372 g/mol. The molecule has 0 fully saturated rings. The number of nitrogens with one attached hydrogen (secondary N) is 1. The van der Waals surface area contributed by atoms with Crippen molar-refractivity contribution in [2.75, 3.05) is 13.1 Å². The minimum absolute atomic E-state index is 0. The maximum absolute atomic E-state index is 12.9. The molecule has 0 aliphatic carbocycles. The van der Waals surface area contributed by atoms with E-state index in [-0.39, 0.29) is 36.5 Å². The second kappa shape index (κ2) is 12.2. The summed E-state index contributed by atoms with van der Waals surface area (Å²) < 4.78 is 12.9. The van der Waals surface area contributed by atoms with Crippen LogP contribution in [0.25, 0.3) is 0 Å². The number of halogens is 3. The molecule has 0 unspecified atom stereocenters. The van der Waals surface area contributed by atoms with Crippen LogP contribution in [0.5, 0.6) is 0 Å². The third-order valence-corrected chi connectivity index (χ3v) is 4.06. The molecule has 24 heavy (non-hydrogen) atoms. The van der Waals surface area contributed by atoms with Gasteiger partial charge in [-0.2, -0.15) is 0 Å². The zero-order valence-corrected chi connectivity index (χ0v) is 15.6. The highest BCUT2D eigenvalue weighted by Gasteiger charge is 2.08. The van der Waals surface area contributed by atoms with Gasteiger partial charge in [0.2, 0.25) is 5.91 Å². The van der Waals surface area contributed by atoms with Gasteiger partial charge in [0, 0.05) is 18.3 Å². The summed E-state index contributed by atoms with van der Waals surface area (Å²) in [6, 6.07) is 6.39. The molecule has 0 saturated heterocycles. The summed E-state index contributed by atoms with van der Waals surface area (Å²) in [5.74, 6) is -0.259. The second-order valence-corrected chi connectivity index (χ2v) is 6.00. The predicted octanol–water partition coefficient (Wildman–Crippen LogP) is 3.11. The van der Waals surface area contributed by atoms with Crippen molar-refractivity contribution < 1.29 is 9.18 Å². The standard InChI is InChI=1S/C16H20FN3OS.2ClH/c17-13-5-3-12(4-6-13)9-16-20-14(11-22-16)10-15(21)19-8-2-1-7-18;;/h3-6,11H,1-2,7-10,18H2,(H,19,21);2*1H. The minimum atomic E-state index is -0.241. The Labute approximate surface area is 157 Å². The first-order valence-electron chi connectivity index (χ1n) is 7.32. The average Bonchev–Trinajstić information content (AvgIpc) is 2.93. The van der Waals surface area contributed by atoms with E-state index >= 15 is 0 Å². The lowest BCUT2D eigenvalue weighted by atomic mass is 10.1. The Morgan fingerprint density at radius 3 is 2.58 bits per heavy atom. The van der Waals surface area contributed by atoms with Crippen LogP contribution < -0.4 is 11.1 Å². The van der Waals surface area contributed by atoms with Gasteiger partial charge in [0.05, 0.1) is 17.1 Å². The Morgan fingerprint density at radius 2 is 1.92 bits per heavy atom. The van der Waals surface area contributed by atoms with E-state index in [0.717, 1.165) is 29.1 Å². The highest BCUT2D eigenvalue weighted by molar-refractivity contribution is 7.09. The molecule has 8 heteroatoms. The first-order chi connectivity index (χ1) is 10.7. The molecule has 2 rings (SSSR count). The largest absolute Gasteiger partial charge is 0.356 e. The number of hydrogen-bond acceptors (Lipinski definition) is 4. The topological polar surface area (TPSA) is 68.0 Å². The van der Waals surface area contributed by atoms with Crippen molar-refractivity contribution in [2.45, 2.75) is 25.7 Å². The summed E-state index contributed by atoms with van der Waals surface area (Å²) >= 11 is 1.52. The molecule has 0 saturated carbocycles. The van der Waals surface area contributed by atoms with E-state index < -0.39 is 0 Å². The molecule has 0 spiro atoms. The number of rotatable bonds is 8. The highest BCUT2D eigenvalue weighted by atomic mass is 35.5. The van der Waals surface area contributed by atoms with Crippen LogP contribution in [-0.2, 0) is 17.6 Å². The highest BCUT2D eigenvalue weighted by Crippen LogP contribution is 2.15. The van der Waals surface area contributed by atoms with Crippen LogP contribution in [-0.4, -0.2) is 24.0 Å². The number of benzene rings is 1. The third kappa shape index (κ3) is 8.06. The van der Waals surface area contributed by atoms with Gasteiger partial charge >= 0.3 is 0 Å². The first-order valence-corrected chi connectivity index (χ1v) is 8.20. The number of nitrogens with two attached hydrogens (primary N) is 1. The normalized spacial score (nSPS) is 9.75. The Morgan fingerprint density at radius 1 is 1.21 bits per heavy atom. The van der Waals surface area contributed by atoms with Crippen LogP contribution in [0, 0.1) is 5.82 Å². The first kappa shape index (κ1) is 22.8. The molecule has 2 aromatic rings. The van der Waals surface area contributed by atoms with Crippen molar-refractivity contribution in [1.29, 1.82) is 0 Å². The van der Waals surface area contributed by atoms with E-state index in [9.17, 15) is 9.18 Å². The van der Waals surface area contributed by atoms with Crippen molar-refractivity contribution in [2.24, 2.45) is 5.73 Å². The van der Waals surface area contributed by atoms with E-state index in [1.54, 1.807) is 12.1 Å². The molecule has 0 aliphatic heterocycles. The molecule has 0 aliphatic rings. The third-order valence-electron chi connectivity index (χ3n) is 3.16. The number of nitrogens with zero attached hydrogens (tertiary/aromatic N) is 1. The molecule has 4 nitrogen and oxygen atoms in total. The number of aromatic nitrogens is 1. The zero-order valence-electron chi connectivity index (χ0n) is 13.2. The van der Waals surface area contributed by atoms with Gasteiger partial charge < -0.3 is 11.1 Å². The summed E-state index contributed by atoms with van der Waals surface area (Å²) in [5.41, 5.74) is 7.19. The van der Waals surface area contributed by atoms with Crippen LogP contribution in [0.1, 0.15) is 29.1 Å². The predicted molar refractivity (Wildman–Crippen MR) is 101 cm³/mol. The van der Waals surface area contributed by atoms with Gasteiger partial charge in [0.1, 0.15) is 5.82 Å². The van der Waals surface area contributed by atoms with E-state index in [2.05, 4.69) is 10.3 Å². The van der Waals surface area contributed by atoms with Crippen LogP contribution in [0.15, 0.2) is 29.6 Å². The van der Waals surface area contributed by atoms with Crippen molar-refractivity contribution in [3.05, 3.63) is 51.7 Å². The average molecular weight is 394 g/mol. The Balaban J connectivity index is 0.00000264. The Kier molecular flexibility index (Phi) is 11.6. The van der Waals surface area contributed by atoms with Gasteiger partial charge in [-0.25, -0.2) is 9.37 Å². The summed E-state index contributed by atoms with van der Waals surface area (Å²) in [7, 11) is 0.